The van der Waals surface area contributed by atoms with Crippen molar-refractivity contribution >= 4 is 5.69 Å². The molecule has 0 radical (unpaired) electrons. The smallest absolute Gasteiger partial charge is 0.120 e. The Morgan fingerprint density at radius 2 is 2.00 bits per heavy atom. The summed E-state index contributed by atoms with van der Waals surface area (Å²) in [6, 6.07) is 6.40. The fourth-order valence-electron chi connectivity index (χ4n) is 2.70. The maximum Gasteiger partial charge on any atom is 0.120 e. The Kier molecular flexibility index (Phi) is 3.60. The van der Waals surface area contributed by atoms with Crippen LogP contribution in [0.25, 0.3) is 0 Å². The van der Waals surface area contributed by atoms with Crippen LogP contribution in [0.2, 0.25) is 0 Å². The Hall–Kier alpha value is -1.18. The van der Waals surface area contributed by atoms with Crippen LogP contribution in [0.4, 0.5) is 5.69 Å². The Morgan fingerprint density at radius 3 is 2.71 bits per heavy atom. The first kappa shape index (κ1) is 12.3. The van der Waals surface area contributed by atoms with Gasteiger partial charge in [0.2, 0.25) is 0 Å². The molecule has 0 amide bonds. The molecule has 1 aliphatic rings. The summed E-state index contributed by atoms with van der Waals surface area (Å²) < 4.78 is 0. The summed E-state index contributed by atoms with van der Waals surface area (Å²) in [5.41, 5.74) is 1.97. The molecule has 1 fully saturated rings. The number of rotatable bonds is 2. The largest absolute Gasteiger partial charge is 0.508 e. The van der Waals surface area contributed by atoms with E-state index in [0.717, 1.165) is 17.2 Å². The number of benzene rings is 1. The van der Waals surface area contributed by atoms with Crippen molar-refractivity contribution in [3.63, 3.8) is 0 Å². The van der Waals surface area contributed by atoms with E-state index in [9.17, 15) is 5.11 Å². The van der Waals surface area contributed by atoms with Gasteiger partial charge in [0, 0.05) is 17.8 Å². The quantitative estimate of drug-likeness (QED) is 0.811. The molecule has 2 nitrogen and oxygen atoms in total. The molecule has 1 saturated carbocycles. The summed E-state index contributed by atoms with van der Waals surface area (Å²) in [4.78, 5) is 0. The van der Waals surface area contributed by atoms with Gasteiger partial charge in [0.25, 0.3) is 0 Å². The van der Waals surface area contributed by atoms with Crippen LogP contribution in [0, 0.1) is 18.8 Å². The monoisotopic (exact) mass is 233 g/mol. The van der Waals surface area contributed by atoms with Crippen LogP contribution in [-0.4, -0.2) is 11.1 Å². The molecule has 1 aliphatic carbocycles. The normalized spacial score (nSPS) is 29.0. The summed E-state index contributed by atoms with van der Waals surface area (Å²) in [5, 5.41) is 13.3. The van der Waals surface area contributed by atoms with E-state index in [0.29, 0.717) is 17.7 Å². The van der Waals surface area contributed by atoms with Gasteiger partial charge in [-0.25, -0.2) is 0 Å². The molecule has 94 valence electrons. The molecule has 17 heavy (non-hydrogen) atoms. The second kappa shape index (κ2) is 4.99. The Balaban J connectivity index is 2.07. The highest BCUT2D eigenvalue weighted by Gasteiger charge is 2.26. The van der Waals surface area contributed by atoms with Crippen LogP contribution in [0.15, 0.2) is 18.2 Å². The van der Waals surface area contributed by atoms with E-state index in [1.54, 1.807) is 0 Å². The predicted molar refractivity (Wildman–Crippen MR) is 72.4 cm³/mol. The molecule has 0 heterocycles. The van der Waals surface area contributed by atoms with Gasteiger partial charge in [0.1, 0.15) is 5.75 Å². The maximum absolute atomic E-state index is 9.71. The second-order valence-electron chi connectivity index (χ2n) is 5.52. The number of hydrogen-bond acceptors (Lipinski definition) is 2. The van der Waals surface area contributed by atoms with Crippen molar-refractivity contribution in [3.8, 4) is 5.75 Å². The zero-order valence-corrected chi connectivity index (χ0v) is 11.0. The Labute approximate surface area is 104 Å². The van der Waals surface area contributed by atoms with Gasteiger partial charge < -0.3 is 10.4 Å². The summed E-state index contributed by atoms with van der Waals surface area (Å²) in [5.74, 6) is 1.87. The van der Waals surface area contributed by atoms with E-state index in [-0.39, 0.29) is 0 Å². The van der Waals surface area contributed by atoms with Gasteiger partial charge in [-0.2, -0.15) is 0 Å². The molecule has 0 bridgehead atoms. The summed E-state index contributed by atoms with van der Waals surface area (Å²) in [6.45, 7) is 6.59. The van der Waals surface area contributed by atoms with E-state index in [1.165, 1.54) is 19.3 Å². The molecule has 0 aliphatic heterocycles. The standard InChI is InChI=1S/C15H23NO/c1-10-5-4-6-14(12(10)3)16-13-8-7-11(2)15(17)9-13/h7-10,12,14,16-17H,4-6H2,1-3H3. The minimum Gasteiger partial charge on any atom is -0.508 e. The van der Waals surface area contributed by atoms with Crippen LogP contribution in [0.1, 0.15) is 38.7 Å². The SMILES string of the molecule is Cc1ccc(NC2CCCC(C)C2C)cc1O. The lowest BCUT2D eigenvalue weighted by molar-refractivity contribution is 0.253. The third-order valence-corrected chi connectivity index (χ3v) is 4.27. The molecule has 3 unspecified atom stereocenters. The molecule has 2 rings (SSSR count). The minimum absolute atomic E-state index is 0.381. The Bertz CT molecular complexity index is 389. The molecule has 2 N–H and O–H groups in total. The maximum atomic E-state index is 9.71. The van der Waals surface area contributed by atoms with Gasteiger partial charge >= 0.3 is 0 Å². The predicted octanol–water partition coefficient (Wildman–Crippen LogP) is 3.94. The van der Waals surface area contributed by atoms with E-state index in [1.807, 2.05) is 19.1 Å². The third-order valence-electron chi connectivity index (χ3n) is 4.27. The first-order valence-corrected chi connectivity index (χ1v) is 6.64. The number of phenols is 1. The highest BCUT2D eigenvalue weighted by atomic mass is 16.3. The first-order chi connectivity index (χ1) is 8.08. The molecular weight excluding hydrogens is 210 g/mol. The molecule has 0 saturated heterocycles. The lowest BCUT2D eigenvalue weighted by Gasteiger charge is -2.35. The van der Waals surface area contributed by atoms with Crippen LogP contribution in [0.3, 0.4) is 0 Å². The van der Waals surface area contributed by atoms with Crippen LogP contribution < -0.4 is 5.32 Å². The van der Waals surface area contributed by atoms with Gasteiger partial charge in [-0.1, -0.05) is 32.8 Å². The molecule has 1 aromatic carbocycles. The van der Waals surface area contributed by atoms with Crippen molar-refractivity contribution in [3.05, 3.63) is 23.8 Å². The van der Waals surface area contributed by atoms with Gasteiger partial charge in [0.15, 0.2) is 0 Å². The van der Waals surface area contributed by atoms with E-state index < -0.39 is 0 Å². The third kappa shape index (κ3) is 2.74. The van der Waals surface area contributed by atoms with Crippen molar-refractivity contribution in [2.75, 3.05) is 5.32 Å². The van der Waals surface area contributed by atoms with Gasteiger partial charge in [-0.3, -0.25) is 0 Å². The highest BCUT2D eigenvalue weighted by molar-refractivity contribution is 5.51. The number of hydrogen-bond donors (Lipinski definition) is 2. The molecule has 0 aromatic heterocycles. The lowest BCUT2D eigenvalue weighted by atomic mass is 9.78. The summed E-state index contributed by atoms with van der Waals surface area (Å²) >= 11 is 0. The fourth-order valence-corrected chi connectivity index (χ4v) is 2.70. The molecule has 1 aromatic rings. The fraction of sp³-hybridized carbons (Fsp3) is 0.600. The summed E-state index contributed by atoms with van der Waals surface area (Å²) in [7, 11) is 0. The van der Waals surface area contributed by atoms with E-state index in [4.69, 9.17) is 0 Å². The first-order valence-electron chi connectivity index (χ1n) is 6.64. The number of aryl methyl sites for hydroxylation is 1. The van der Waals surface area contributed by atoms with Crippen molar-refractivity contribution < 1.29 is 5.11 Å². The van der Waals surface area contributed by atoms with Crippen molar-refractivity contribution in [2.45, 2.75) is 46.1 Å². The van der Waals surface area contributed by atoms with Crippen LogP contribution in [-0.2, 0) is 0 Å². The number of phenolic OH excluding ortho intramolecular Hbond substituents is 1. The minimum atomic E-state index is 0.381. The zero-order valence-electron chi connectivity index (χ0n) is 11.0. The van der Waals surface area contributed by atoms with Gasteiger partial charge in [-0.05, 0) is 36.8 Å². The zero-order chi connectivity index (χ0) is 12.4. The van der Waals surface area contributed by atoms with Gasteiger partial charge in [0.05, 0.1) is 0 Å². The van der Waals surface area contributed by atoms with Crippen molar-refractivity contribution in [1.82, 2.24) is 0 Å². The number of anilines is 1. The van der Waals surface area contributed by atoms with Gasteiger partial charge in [-0.15, -0.1) is 0 Å². The van der Waals surface area contributed by atoms with E-state index >= 15 is 0 Å². The summed E-state index contributed by atoms with van der Waals surface area (Å²) in [6.07, 6.45) is 3.89. The van der Waals surface area contributed by atoms with Crippen LogP contribution in [0.5, 0.6) is 5.75 Å². The average Bonchev–Trinajstić information content (AvgIpc) is 2.30. The molecular formula is C15H23NO. The second-order valence-corrected chi connectivity index (χ2v) is 5.52. The average molecular weight is 233 g/mol. The highest BCUT2D eigenvalue weighted by Crippen LogP contribution is 2.32. The number of nitrogens with one attached hydrogen (secondary N) is 1. The molecule has 0 spiro atoms. The molecule has 2 heteroatoms. The Morgan fingerprint density at radius 1 is 1.24 bits per heavy atom. The number of aromatic hydroxyl groups is 1. The lowest BCUT2D eigenvalue weighted by Crippen LogP contribution is -2.34. The van der Waals surface area contributed by atoms with Crippen molar-refractivity contribution in [1.29, 1.82) is 0 Å². The topological polar surface area (TPSA) is 32.3 Å². The van der Waals surface area contributed by atoms with Crippen molar-refractivity contribution in [2.24, 2.45) is 11.8 Å². The molecule has 3 atom stereocenters. The van der Waals surface area contributed by atoms with E-state index in [2.05, 4.69) is 25.2 Å². The van der Waals surface area contributed by atoms with Crippen LogP contribution >= 0.6 is 0 Å².